The third kappa shape index (κ3) is 3.31. The van der Waals surface area contributed by atoms with Gasteiger partial charge in [0.1, 0.15) is 0 Å². The molecule has 3 heteroatoms. The molecule has 1 atom stereocenters. The summed E-state index contributed by atoms with van der Waals surface area (Å²) in [7, 11) is 2.31. The van der Waals surface area contributed by atoms with Gasteiger partial charge in [-0.05, 0) is 13.8 Å². The summed E-state index contributed by atoms with van der Waals surface area (Å²) in [5, 5.41) is 0.550. The highest BCUT2D eigenvalue weighted by Gasteiger charge is 2.23. The van der Waals surface area contributed by atoms with Gasteiger partial charge in [-0.2, -0.15) is 0 Å². The van der Waals surface area contributed by atoms with Crippen molar-refractivity contribution in [1.29, 1.82) is 0 Å². The van der Waals surface area contributed by atoms with Crippen LogP contribution >= 0.6 is 31.8 Å². The summed E-state index contributed by atoms with van der Waals surface area (Å²) in [6.45, 7) is 7.26. The smallest absolute Gasteiger partial charge is 0.177 e. The molecule has 0 aliphatic carbocycles. The van der Waals surface area contributed by atoms with E-state index in [4.69, 9.17) is 0 Å². The average molecular weight is 256 g/mol. The first-order chi connectivity index (χ1) is 3.85. The number of Topliss-reactive ketones (excluding diaryl/α,β-unsaturated/α-hetero) is 1. The second kappa shape index (κ2) is 3.11. The molecule has 0 saturated carbocycles. The molecule has 0 spiro atoms. The fourth-order valence-corrected chi connectivity index (χ4v) is 1.38. The SMILES string of the molecule is C=C(P)C(=O)C(C)(C)I. The van der Waals surface area contributed by atoms with Crippen LogP contribution in [-0.2, 0) is 4.79 Å². The summed E-state index contributed by atoms with van der Waals surface area (Å²) in [5.74, 6) is 0.0908. The van der Waals surface area contributed by atoms with Crippen LogP contribution in [0.3, 0.4) is 0 Å². The largest absolute Gasteiger partial charge is 0.293 e. The Morgan fingerprint density at radius 1 is 1.67 bits per heavy atom. The molecule has 9 heavy (non-hydrogen) atoms. The van der Waals surface area contributed by atoms with Crippen LogP contribution in [0.25, 0.3) is 0 Å². The Balaban J connectivity index is 4.23. The van der Waals surface area contributed by atoms with Gasteiger partial charge < -0.3 is 0 Å². The molecule has 0 aliphatic rings. The van der Waals surface area contributed by atoms with E-state index in [-0.39, 0.29) is 9.20 Å². The van der Waals surface area contributed by atoms with E-state index in [2.05, 4.69) is 38.4 Å². The van der Waals surface area contributed by atoms with E-state index in [9.17, 15) is 4.79 Å². The molecular formula is C6H10IOP. The highest BCUT2D eigenvalue weighted by molar-refractivity contribution is 14.1. The minimum Gasteiger partial charge on any atom is -0.293 e. The Labute approximate surface area is 71.6 Å². The molecule has 0 bridgehead atoms. The van der Waals surface area contributed by atoms with Gasteiger partial charge in [-0.3, -0.25) is 4.79 Å². The van der Waals surface area contributed by atoms with Crippen LogP contribution in [0.5, 0.6) is 0 Å². The van der Waals surface area contributed by atoms with E-state index in [1.54, 1.807) is 0 Å². The fraction of sp³-hybridized carbons (Fsp3) is 0.500. The van der Waals surface area contributed by atoms with Crippen LogP contribution in [0.4, 0.5) is 0 Å². The number of alkyl halides is 1. The molecule has 52 valence electrons. The maximum absolute atomic E-state index is 11.0. The molecular weight excluding hydrogens is 246 g/mol. The fourth-order valence-electron chi connectivity index (χ4n) is 0.382. The summed E-state index contributed by atoms with van der Waals surface area (Å²) in [5.41, 5.74) is 0. The second-order valence-corrected chi connectivity index (χ2v) is 5.72. The third-order valence-electron chi connectivity index (χ3n) is 0.832. The predicted octanol–water partition coefficient (Wildman–Crippen LogP) is 2.16. The molecule has 0 aliphatic heterocycles. The van der Waals surface area contributed by atoms with Crippen LogP contribution in [0.2, 0.25) is 0 Å². The number of halogens is 1. The molecule has 0 saturated heterocycles. The van der Waals surface area contributed by atoms with Crippen molar-refractivity contribution in [2.24, 2.45) is 0 Å². The molecule has 0 fully saturated rings. The van der Waals surface area contributed by atoms with E-state index in [0.29, 0.717) is 5.31 Å². The zero-order valence-corrected chi connectivity index (χ0v) is 8.88. The number of hydrogen-bond acceptors (Lipinski definition) is 1. The summed E-state index contributed by atoms with van der Waals surface area (Å²) < 4.78 is -0.309. The van der Waals surface area contributed by atoms with E-state index in [1.165, 1.54) is 0 Å². The van der Waals surface area contributed by atoms with Gasteiger partial charge in [0, 0.05) is 5.31 Å². The maximum atomic E-state index is 11.0. The van der Waals surface area contributed by atoms with Crippen molar-refractivity contribution in [2.75, 3.05) is 0 Å². The molecule has 0 aromatic heterocycles. The average Bonchev–Trinajstić information content (AvgIpc) is 1.62. The Bertz CT molecular complexity index is 146. The van der Waals surface area contributed by atoms with Gasteiger partial charge in [-0.15, -0.1) is 9.24 Å². The molecule has 0 N–H and O–H groups in total. The normalized spacial score (nSPS) is 11.1. The van der Waals surface area contributed by atoms with Crippen LogP contribution in [-0.4, -0.2) is 9.20 Å². The second-order valence-electron chi connectivity index (χ2n) is 2.33. The first-order valence-electron chi connectivity index (χ1n) is 2.54. The number of carbonyl (C=O) groups is 1. The van der Waals surface area contributed by atoms with Gasteiger partial charge >= 0.3 is 0 Å². The molecule has 0 aromatic carbocycles. The van der Waals surface area contributed by atoms with Crippen molar-refractivity contribution >= 4 is 37.6 Å². The molecule has 1 unspecified atom stereocenters. The maximum Gasteiger partial charge on any atom is 0.177 e. The van der Waals surface area contributed by atoms with Crippen molar-refractivity contribution in [3.63, 3.8) is 0 Å². The predicted molar refractivity (Wildman–Crippen MR) is 52.0 cm³/mol. The molecule has 0 amide bonds. The molecule has 0 heterocycles. The van der Waals surface area contributed by atoms with E-state index >= 15 is 0 Å². The van der Waals surface area contributed by atoms with Crippen molar-refractivity contribution in [2.45, 2.75) is 17.3 Å². The van der Waals surface area contributed by atoms with Crippen molar-refractivity contribution in [1.82, 2.24) is 0 Å². The highest BCUT2D eigenvalue weighted by Crippen LogP contribution is 2.23. The van der Waals surface area contributed by atoms with Gasteiger partial charge in [0.25, 0.3) is 0 Å². The number of ketones is 1. The molecule has 1 nitrogen and oxygen atoms in total. The summed E-state index contributed by atoms with van der Waals surface area (Å²) >= 11 is 2.09. The lowest BCUT2D eigenvalue weighted by Crippen LogP contribution is -2.23. The Kier molecular flexibility index (Phi) is 3.30. The van der Waals surface area contributed by atoms with Crippen molar-refractivity contribution < 1.29 is 4.79 Å². The number of rotatable bonds is 2. The van der Waals surface area contributed by atoms with Gasteiger partial charge in [0.15, 0.2) is 5.78 Å². The quantitative estimate of drug-likeness (QED) is 0.320. The van der Waals surface area contributed by atoms with E-state index < -0.39 is 0 Å². The van der Waals surface area contributed by atoms with E-state index in [0.717, 1.165) is 0 Å². The van der Waals surface area contributed by atoms with Crippen molar-refractivity contribution in [3.8, 4) is 0 Å². The zero-order chi connectivity index (χ0) is 7.65. The highest BCUT2D eigenvalue weighted by atomic mass is 127. The lowest BCUT2D eigenvalue weighted by Gasteiger charge is -2.13. The molecule has 0 radical (unpaired) electrons. The summed E-state index contributed by atoms with van der Waals surface area (Å²) in [4.78, 5) is 11.0. The van der Waals surface area contributed by atoms with E-state index in [1.807, 2.05) is 13.8 Å². The van der Waals surface area contributed by atoms with Gasteiger partial charge in [-0.1, -0.05) is 29.2 Å². The minimum absolute atomic E-state index is 0.0908. The van der Waals surface area contributed by atoms with Crippen LogP contribution in [0.1, 0.15) is 13.8 Å². The number of allylic oxidation sites excluding steroid dienone is 1. The lowest BCUT2D eigenvalue weighted by molar-refractivity contribution is -0.115. The summed E-state index contributed by atoms with van der Waals surface area (Å²) in [6, 6.07) is 0. The van der Waals surface area contributed by atoms with Crippen molar-refractivity contribution in [3.05, 3.63) is 11.9 Å². The summed E-state index contributed by atoms with van der Waals surface area (Å²) in [6.07, 6.45) is 0. The van der Waals surface area contributed by atoms with Crippen LogP contribution in [0, 0.1) is 0 Å². The molecule has 0 rings (SSSR count). The van der Waals surface area contributed by atoms with Crippen LogP contribution in [0.15, 0.2) is 11.9 Å². The number of carbonyl (C=O) groups excluding carboxylic acids is 1. The van der Waals surface area contributed by atoms with Gasteiger partial charge in [0.05, 0.1) is 3.42 Å². The van der Waals surface area contributed by atoms with Crippen LogP contribution < -0.4 is 0 Å². The molecule has 0 aromatic rings. The van der Waals surface area contributed by atoms with Gasteiger partial charge in [0.2, 0.25) is 0 Å². The third-order valence-corrected chi connectivity index (χ3v) is 1.58. The number of hydrogen-bond donors (Lipinski definition) is 0. The Hall–Kier alpha value is 0.570. The Morgan fingerprint density at radius 3 is 2.00 bits per heavy atom. The Morgan fingerprint density at radius 2 is 2.00 bits per heavy atom. The lowest BCUT2D eigenvalue weighted by atomic mass is 10.1. The zero-order valence-electron chi connectivity index (χ0n) is 5.57. The topological polar surface area (TPSA) is 17.1 Å². The monoisotopic (exact) mass is 256 g/mol. The minimum atomic E-state index is -0.309. The first-order valence-corrected chi connectivity index (χ1v) is 4.19. The van der Waals surface area contributed by atoms with Gasteiger partial charge in [-0.25, -0.2) is 0 Å². The first kappa shape index (κ1) is 9.57. The standard InChI is InChI=1S/C6H10IOP/c1-4(9)5(8)6(2,3)7/h1,9H2,2-3H3.